The lowest BCUT2D eigenvalue weighted by molar-refractivity contribution is -0.138. The number of carboxylic acids is 1. The highest BCUT2D eigenvalue weighted by Crippen LogP contribution is 2.34. The maximum absolute atomic E-state index is 11.0. The molecule has 0 aliphatic carbocycles. The second-order valence-corrected chi connectivity index (χ2v) is 8.77. The summed E-state index contributed by atoms with van der Waals surface area (Å²) in [6.07, 6.45) is 6.08. The summed E-state index contributed by atoms with van der Waals surface area (Å²) >= 11 is 0. The maximum Gasteiger partial charge on any atom is 0.317 e. The van der Waals surface area contributed by atoms with E-state index >= 15 is 0 Å². The molecule has 1 fully saturated rings. The lowest BCUT2D eigenvalue weighted by atomic mass is 9.99. The largest absolute Gasteiger partial charge is 0.480 e. The second-order valence-electron chi connectivity index (χ2n) is 8.77. The molecule has 0 aromatic carbocycles. The van der Waals surface area contributed by atoms with Crippen LogP contribution in [0.1, 0.15) is 29.9 Å². The third kappa shape index (κ3) is 4.54. The number of pyridine rings is 1. The fraction of sp³-hybridized carbons (Fsp3) is 0.417. The van der Waals surface area contributed by atoms with Crippen LogP contribution in [0.4, 0.5) is 11.5 Å². The van der Waals surface area contributed by atoms with Crippen LogP contribution in [0, 0.1) is 6.92 Å². The first-order valence-corrected chi connectivity index (χ1v) is 11.6. The average molecular weight is 461 g/mol. The van der Waals surface area contributed by atoms with E-state index in [1.165, 1.54) is 0 Å². The summed E-state index contributed by atoms with van der Waals surface area (Å²) in [5, 5.41) is 9.05. The Kier molecular flexibility index (Phi) is 6.06. The van der Waals surface area contributed by atoms with Gasteiger partial charge < -0.3 is 14.9 Å². The van der Waals surface area contributed by atoms with Crippen LogP contribution < -0.4 is 9.80 Å². The van der Waals surface area contributed by atoms with E-state index in [1.54, 1.807) is 18.5 Å². The Labute approximate surface area is 198 Å². The van der Waals surface area contributed by atoms with E-state index in [2.05, 4.69) is 43.8 Å². The van der Waals surface area contributed by atoms with E-state index in [1.807, 2.05) is 18.0 Å². The van der Waals surface area contributed by atoms with Crippen LogP contribution in [0.3, 0.4) is 0 Å². The molecule has 5 rings (SSSR count). The van der Waals surface area contributed by atoms with Gasteiger partial charge in [-0.05, 0) is 26.0 Å². The summed E-state index contributed by atoms with van der Waals surface area (Å²) in [5.74, 6) is 1.26. The molecule has 3 aromatic rings. The molecule has 176 valence electrons. The number of carboxylic acid groups (broad SMARTS) is 1. The van der Waals surface area contributed by atoms with Crippen molar-refractivity contribution >= 4 is 17.5 Å². The van der Waals surface area contributed by atoms with Gasteiger partial charge in [0.25, 0.3) is 0 Å². The first kappa shape index (κ1) is 22.1. The minimum atomic E-state index is -0.776. The number of anilines is 2. The van der Waals surface area contributed by atoms with Crippen LogP contribution in [0.5, 0.6) is 0 Å². The molecule has 5 heterocycles. The van der Waals surface area contributed by atoms with Gasteiger partial charge in [-0.15, -0.1) is 0 Å². The van der Waals surface area contributed by atoms with Gasteiger partial charge >= 0.3 is 5.97 Å². The molecule has 3 aromatic heterocycles. The monoisotopic (exact) mass is 460 g/mol. The molecular formula is C24H28N8O2. The molecule has 1 saturated heterocycles. The van der Waals surface area contributed by atoms with Crippen molar-refractivity contribution in [2.24, 2.45) is 0 Å². The summed E-state index contributed by atoms with van der Waals surface area (Å²) in [5.41, 5.74) is 4.22. The van der Waals surface area contributed by atoms with Crippen molar-refractivity contribution in [1.82, 2.24) is 29.8 Å². The molecule has 0 bridgehead atoms. The van der Waals surface area contributed by atoms with Crippen molar-refractivity contribution in [1.29, 1.82) is 0 Å². The van der Waals surface area contributed by atoms with Gasteiger partial charge in [0.1, 0.15) is 5.82 Å². The maximum atomic E-state index is 11.0. The van der Waals surface area contributed by atoms with Crippen molar-refractivity contribution < 1.29 is 9.90 Å². The molecule has 2 aliphatic rings. The zero-order valence-corrected chi connectivity index (χ0v) is 19.4. The van der Waals surface area contributed by atoms with Crippen LogP contribution >= 0.6 is 0 Å². The smallest absolute Gasteiger partial charge is 0.317 e. The van der Waals surface area contributed by atoms with Gasteiger partial charge in [0.05, 0.1) is 18.3 Å². The number of carbonyl (C=O) groups is 1. The van der Waals surface area contributed by atoms with Gasteiger partial charge in [-0.2, -0.15) is 0 Å². The minimum Gasteiger partial charge on any atom is -0.480 e. The fourth-order valence-electron chi connectivity index (χ4n) is 4.72. The second kappa shape index (κ2) is 9.30. The van der Waals surface area contributed by atoms with Gasteiger partial charge in [0, 0.05) is 80.7 Å². The van der Waals surface area contributed by atoms with Crippen molar-refractivity contribution in [3.05, 3.63) is 53.7 Å². The van der Waals surface area contributed by atoms with E-state index in [9.17, 15) is 4.79 Å². The molecule has 0 saturated carbocycles. The molecule has 10 nitrogen and oxygen atoms in total. The summed E-state index contributed by atoms with van der Waals surface area (Å²) < 4.78 is 0. The summed E-state index contributed by atoms with van der Waals surface area (Å²) in [7, 11) is 0. The van der Waals surface area contributed by atoms with E-state index in [0.717, 1.165) is 67.6 Å². The zero-order chi connectivity index (χ0) is 23.7. The molecule has 1 N–H and O–H groups in total. The van der Waals surface area contributed by atoms with Crippen LogP contribution in [0.2, 0.25) is 0 Å². The topological polar surface area (TPSA) is 111 Å². The molecule has 0 amide bonds. The zero-order valence-electron chi connectivity index (χ0n) is 19.4. The quantitative estimate of drug-likeness (QED) is 0.606. The fourth-order valence-corrected chi connectivity index (χ4v) is 4.72. The number of hydrogen-bond donors (Lipinski definition) is 1. The molecule has 10 heteroatoms. The molecule has 0 spiro atoms. The predicted octanol–water partition coefficient (Wildman–Crippen LogP) is 1.97. The van der Waals surface area contributed by atoms with E-state index in [-0.39, 0.29) is 12.6 Å². The normalized spacial score (nSPS) is 18.6. The van der Waals surface area contributed by atoms with Gasteiger partial charge in [-0.25, -0.2) is 24.9 Å². The number of aromatic nitrogens is 5. The lowest BCUT2D eigenvalue weighted by Crippen LogP contribution is -2.48. The van der Waals surface area contributed by atoms with E-state index in [4.69, 9.17) is 15.1 Å². The van der Waals surface area contributed by atoms with Gasteiger partial charge in [-0.1, -0.05) is 0 Å². The van der Waals surface area contributed by atoms with Crippen molar-refractivity contribution in [3.8, 4) is 11.6 Å². The average Bonchev–Trinajstić information content (AvgIpc) is 2.84. The number of piperazine rings is 1. The molecule has 2 aliphatic heterocycles. The van der Waals surface area contributed by atoms with Crippen LogP contribution in [-0.2, 0) is 11.2 Å². The Hall–Kier alpha value is -3.66. The standard InChI is InChI=1S/C24H28N8O2/c1-16-12-18(31-10-8-30(9-11-31)15-22(33)34)13-21(28-16)32-7-4-20-19(17(32)2)14-27-24(29-20)23-25-5-3-6-26-23/h3,5-6,12-14,17H,4,7-11,15H2,1-2H3,(H,33,34). The Morgan fingerprint density at radius 2 is 1.79 bits per heavy atom. The Morgan fingerprint density at radius 3 is 2.53 bits per heavy atom. The summed E-state index contributed by atoms with van der Waals surface area (Å²) in [6, 6.07) is 6.12. The number of nitrogens with zero attached hydrogens (tertiary/aromatic N) is 8. The number of hydrogen-bond acceptors (Lipinski definition) is 9. The van der Waals surface area contributed by atoms with Crippen LogP contribution in [0.15, 0.2) is 36.8 Å². The van der Waals surface area contributed by atoms with Gasteiger partial charge in [0.15, 0.2) is 11.6 Å². The number of aliphatic carboxylic acids is 1. The Balaban J connectivity index is 1.35. The predicted molar refractivity (Wildman–Crippen MR) is 128 cm³/mol. The SMILES string of the molecule is Cc1cc(N2CCN(CC(=O)O)CC2)cc(N2CCc3nc(-c4ncccn4)ncc3C2C)n1. The van der Waals surface area contributed by atoms with E-state index < -0.39 is 5.97 Å². The summed E-state index contributed by atoms with van der Waals surface area (Å²) in [6.45, 7) is 8.16. The van der Waals surface area contributed by atoms with Crippen LogP contribution in [-0.4, -0.2) is 80.2 Å². The lowest BCUT2D eigenvalue weighted by Gasteiger charge is -2.38. The highest BCUT2D eigenvalue weighted by Gasteiger charge is 2.28. The first-order valence-electron chi connectivity index (χ1n) is 11.6. The minimum absolute atomic E-state index is 0.0871. The highest BCUT2D eigenvalue weighted by atomic mass is 16.4. The van der Waals surface area contributed by atoms with Crippen molar-refractivity contribution in [3.63, 3.8) is 0 Å². The number of rotatable bonds is 5. The molecule has 1 unspecified atom stereocenters. The van der Waals surface area contributed by atoms with Gasteiger partial charge in [-0.3, -0.25) is 9.69 Å². The first-order chi connectivity index (χ1) is 16.5. The Bertz CT molecular complexity index is 1180. The molecule has 34 heavy (non-hydrogen) atoms. The number of aryl methyl sites for hydroxylation is 1. The van der Waals surface area contributed by atoms with Crippen LogP contribution in [0.25, 0.3) is 11.6 Å². The van der Waals surface area contributed by atoms with Crippen molar-refractivity contribution in [2.75, 3.05) is 49.1 Å². The van der Waals surface area contributed by atoms with Crippen molar-refractivity contribution in [2.45, 2.75) is 26.3 Å². The Morgan fingerprint density at radius 1 is 1.03 bits per heavy atom. The van der Waals surface area contributed by atoms with E-state index in [0.29, 0.717) is 11.6 Å². The molecular weight excluding hydrogens is 432 g/mol. The molecule has 0 radical (unpaired) electrons. The molecule has 1 atom stereocenters. The van der Waals surface area contributed by atoms with Gasteiger partial charge in [0.2, 0.25) is 0 Å². The third-order valence-electron chi connectivity index (χ3n) is 6.49. The third-order valence-corrected chi connectivity index (χ3v) is 6.49. The number of fused-ring (bicyclic) bond motifs is 1. The highest BCUT2D eigenvalue weighted by molar-refractivity contribution is 5.69. The summed E-state index contributed by atoms with van der Waals surface area (Å²) in [4.78, 5) is 40.3.